The lowest BCUT2D eigenvalue weighted by molar-refractivity contribution is -0.289. The molecule has 8 rings (SSSR count). The van der Waals surface area contributed by atoms with Crippen LogP contribution in [0.25, 0.3) is 5.69 Å². The molecule has 0 spiro atoms. The Labute approximate surface area is 469 Å². The second kappa shape index (κ2) is 26.8. The van der Waals surface area contributed by atoms with E-state index < -0.39 is 131 Å². The lowest BCUT2D eigenvalue weighted by Gasteiger charge is -2.45. The predicted molar refractivity (Wildman–Crippen MR) is 295 cm³/mol. The number of para-hydroxylation sites is 1. The Balaban J connectivity index is 1.29. The van der Waals surface area contributed by atoms with E-state index in [1.165, 1.54) is 30.7 Å². The maximum atomic E-state index is 14.7. The topological polar surface area (TPSA) is 254 Å². The number of aliphatic hydroxyl groups is 3. The highest BCUT2D eigenvalue weighted by atomic mass is 16.7. The van der Waals surface area contributed by atoms with Crippen molar-refractivity contribution in [3.63, 3.8) is 0 Å². The molecule has 0 radical (unpaired) electrons. The fourth-order valence-electron chi connectivity index (χ4n) is 13.0. The van der Waals surface area contributed by atoms with Gasteiger partial charge in [-0.1, -0.05) is 77.1 Å². The van der Waals surface area contributed by atoms with Crippen LogP contribution in [0.5, 0.6) is 0 Å². The lowest BCUT2D eigenvalue weighted by atomic mass is 9.78. The number of aliphatic hydroxyl groups excluding tert-OH is 2. The zero-order chi connectivity index (χ0) is 58.5. The first-order chi connectivity index (χ1) is 38.0. The number of methoxy groups -OCH3 is 4. The zero-order valence-corrected chi connectivity index (χ0v) is 48.4. The van der Waals surface area contributed by atoms with Crippen molar-refractivity contribution < 1.29 is 67.7 Å². The number of benzene rings is 1. The van der Waals surface area contributed by atoms with Crippen molar-refractivity contribution >= 4 is 29.2 Å². The fraction of sp³-hybridized carbons (Fsp3) is 0.683. The van der Waals surface area contributed by atoms with Gasteiger partial charge in [0.05, 0.1) is 48.3 Å². The van der Waals surface area contributed by atoms with Crippen LogP contribution in [-0.2, 0) is 52.4 Å². The van der Waals surface area contributed by atoms with E-state index in [2.05, 4.69) is 0 Å². The number of aromatic nitrogens is 3. The van der Waals surface area contributed by atoms with Crippen molar-refractivity contribution in [1.29, 1.82) is 0 Å². The van der Waals surface area contributed by atoms with Crippen LogP contribution in [0, 0.1) is 35.5 Å². The van der Waals surface area contributed by atoms with Crippen LogP contribution in [0.3, 0.4) is 0 Å². The first-order valence-electron chi connectivity index (χ1n) is 28.6. The van der Waals surface area contributed by atoms with Gasteiger partial charge in [-0.05, 0) is 113 Å². The highest BCUT2D eigenvalue weighted by Crippen LogP contribution is 2.40. The van der Waals surface area contributed by atoms with Crippen LogP contribution in [0.2, 0.25) is 0 Å². The molecule has 6 heterocycles. The molecule has 20 nitrogen and oxygen atoms in total. The van der Waals surface area contributed by atoms with Gasteiger partial charge in [-0.2, -0.15) is 0 Å². The maximum absolute atomic E-state index is 14.7. The van der Waals surface area contributed by atoms with Crippen molar-refractivity contribution in [2.24, 2.45) is 35.5 Å². The van der Waals surface area contributed by atoms with Crippen molar-refractivity contribution in [3.05, 3.63) is 86.8 Å². The number of hydrogen-bond donors (Lipinski definition) is 3. The molecule has 1 aliphatic carbocycles. The molecule has 2 aromatic rings. The SMILES string of the molecule is CO[C@H]1C[C@H]2O[C@@](O)(C(=O)C(=O)N3CCCC[C@H]3C(=O)O[C@H](C(C)C[C@@H]3CC[C@@H](O)[C@H](OC)C3)CC(=O)[C@H](C)/C=C(\C)[C@H](O)[C@@H](OC)C(=O)[C@H](C)C[C@H](C)C3C=CC(C=C1C)n1c(=O)n(-c4ccccc4)c(=O)n13)[C@H](C)C[C@@H]2OC. The van der Waals surface area contributed by atoms with Crippen molar-refractivity contribution in [1.82, 2.24) is 18.8 Å². The summed E-state index contributed by atoms with van der Waals surface area (Å²) in [5.74, 6) is -9.87. The van der Waals surface area contributed by atoms with Crippen molar-refractivity contribution in [2.75, 3.05) is 35.0 Å². The van der Waals surface area contributed by atoms with Crippen LogP contribution >= 0.6 is 0 Å². The van der Waals surface area contributed by atoms with Crippen LogP contribution in [-0.4, -0.2) is 159 Å². The smallest absolute Gasteiger partial charge is 0.352 e. The van der Waals surface area contributed by atoms with E-state index in [1.54, 1.807) is 84.2 Å². The molecule has 1 amide bonds. The van der Waals surface area contributed by atoms with Crippen LogP contribution < -0.4 is 11.4 Å². The van der Waals surface area contributed by atoms with Gasteiger partial charge in [0.25, 0.3) is 11.7 Å². The van der Waals surface area contributed by atoms with Gasteiger partial charge in [0.15, 0.2) is 5.78 Å². The van der Waals surface area contributed by atoms with Gasteiger partial charge in [0.1, 0.15) is 30.1 Å². The minimum Gasteiger partial charge on any atom is -0.460 e. The Morgan fingerprint density at radius 1 is 0.762 bits per heavy atom. The normalized spacial score (nSPS) is 36.8. The summed E-state index contributed by atoms with van der Waals surface area (Å²) in [5, 5.41) is 34.7. The summed E-state index contributed by atoms with van der Waals surface area (Å²) in [7, 11) is 5.83. The van der Waals surface area contributed by atoms with Gasteiger partial charge in [-0.25, -0.2) is 28.3 Å². The highest BCUT2D eigenvalue weighted by Gasteiger charge is 2.55. The summed E-state index contributed by atoms with van der Waals surface area (Å²) >= 11 is 0. The van der Waals surface area contributed by atoms with E-state index in [0.29, 0.717) is 55.4 Å². The van der Waals surface area contributed by atoms with E-state index >= 15 is 0 Å². The number of amides is 1. The Morgan fingerprint density at radius 3 is 2.11 bits per heavy atom. The summed E-state index contributed by atoms with van der Waals surface area (Å²) in [4.78, 5) is 103. The molecule has 1 saturated carbocycles. The van der Waals surface area contributed by atoms with Gasteiger partial charge in [0.2, 0.25) is 5.79 Å². The van der Waals surface area contributed by atoms with Gasteiger partial charge in [-0.3, -0.25) is 19.2 Å². The molecule has 80 heavy (non-hydrogen) atoms. The number of rotatable bonds is 8. The number of carbonyl (C=O) groups is 5. The number of nitrogens with zero attached hydrogens (tertiary/aromatic N) is 4. The molecule has 442 valence electrons. The molecule has 6 aliphatic rings. The monoisotopic (exact) mass is 1120 g/mol. The summed E-state index contributed by atoms with van der Waals surface area (Å²) in [6.07, 6.45) is 3.18. The molecule has 18 atom stereocenters. The molecule has 3 fully saturated rings. The average Bonchev–Trinajstić information content (AvgIpc) is 3.77. The molecule has 5 aliphatic heterocycles. The Morgan fingerprint density at radius 2 is 1.45 bits per heavy atom. The van der Waals surface area contributed by atoms with Crippen LogP contribution in [0.15, 0.2) is 75.4 Å². The molecular weight excluding hydrogens is 1030 g/mol. The van der Waals surface area contributed by atoms with Gasteiger partial charge in [0, 0.05) is 65.6 Å². The van der Waals surface area contributed by atoms with Gasteiger partial charge >= 0.3 is 17.3 Å². The first-order valence-corrected chi connectivity index (χ1v) is 28.6. The van der Waals surface area contributed by atoms with Crippen LogP contribution in [0.1, 0.15) is 131 Å². The van der Waals surface area contributed by atoms with E-state index in [4.69, 9.17) is 28.4 Å². The Bertz CT molecular complexity index is 2750. The zero-order valence-electron chi connectivity index (χ0n) is 48.4. The van der Waals surface area contributed by atoms with E-state index in [1.807, 2.05) is 26.0 Å². The first kappa shape index (κ1) is 62.4. The third-order valence-electron chi connectivity index (χ3n) is 17.9. The second-order valence-electron chi connectivity index (χ2n) is 23.5. The number of hydrogen-bond acceptors (Lipinski definition) is 16. The van der Waals surface area contributed by atoms with Gasteiger partial charge in [-0.15, -0.1) is 0 Å². The molecule has 3 unspecified atom stereocenters. The molecular formula is C60H86N4O16. The highest BCUT2D eigenvalue weighted by molar-refractivity contribution is 6.39. The predicted octanol–water partition coefficient (Wildman–Crippen LogP) is 5.16. The average molecular weight is 1120 g/mol. The summed E-state index contributed by atoms with van der Waals surface area (Å²) in [6.45, 7) is 12.1. The number of fused-ring (bicyclic) bond motifs is 15. The second-order valence-corrected chi connectivity index (χ2v) is 23.5. The fourth-order valence-corrected chi connectivity index (χ4v) is 13.0. The van der Waals surface area contributed by atoms with Crippen molar-refractivity contribution in [3.8, 4) is 5.69 Å². The lowest BCUT2D eigenvalue weighted by Crippen LogP contribution is -2.63. The van der Waals surface area contributed by atoms with Crippen LogP contribution in [0.4, 0.5) is 0 Å². The molecule has 4 bridgehead atoms. The summed E-state index contributed by atoms with van der Waals surface area (Å²) in [6, 6.07) is 5.77. The number of allylic oxidation sites excluding steroid dienone is 4. The standard InChI is InChI=1S/C60H86N4O16/c1-33-25-37(5)52(67)54(78-11)53(68)38(6)26-34(2)46(66)31-48(35(3)27-40-20-23-45(65)49(30-40)76-9)79-57(71)44-19-15-16-24-61(44)56(70)55(69)60(74)39(7)29-50(77-10)51(80-60)32-47(75-8)36(4)28-42-21-22-43(33)64-59(73)62(58(72)63(42)64)41-17-13-12-14-18-41/h12-14,17-18,21-22,26,28,33-35,37,39-40,42-45,47-51,53-54,65,68,74H,15-16,19-20,23-25,27,29-32H2,1-11H3/b36-28?,38-26+/t33-,34+,35?,37+,39+,40-,42?,43?,44-,45+,47-,48-,49+,50-,51+,53-,54-,60+/m0/s1. The minimum atomic E-state index is -2.65. The van der Waals surface area contributed by atoms with Crippen molar-refractivity contribution in [2.45, 2.75) is 192 Å². The minimum absolute atomic E-state index is 0.00469. The number of ether oxygens (including phenoxy) is 6. The summed E-state index contributed by atoms with van der Waals surface area (Å²) in [5.41, 5.74) is 0.0316. The summed E-state index contributed by atoms with van der Waals surface area (Å²) < 4.78 is 39.8. The Hall–Kier alpha value is -5.19. The number of Topliss-reactive ketones (excluding diaryl/α,β-unsaturated/α-hetero) is 3. The van der Waals surface area contributed by atoms with E-state index in [-0.39, 0.29) is 56.5 Å². The largest absolute Gasteiger partial charge is 0.460 e. The van der Waals surface area contributed by atoms with E-state index in [0.717, 1.165) is 9.47 Å². The molecule has 1 aromatic heterocycles. The van der Waals surface area contributed by atoms with E-state index in [9.17, 15) is 48.9 Å². The third-order valence-corrected chi connectivity index (χ3v) is 17.9. The molecule has 1 aromatic carbocycles. The van der Waals surface area contributed by atoms with Gasteiger partial charge < -0.3 is 48.6 Å². The molecule has 3 N–H and O–H groups in total. The molecule has 2 saturated heterocycles. The Kier molecular flexibility index (Phi) is 20.9. The quantitative estimate of drug-likeness (QED) is 0.175. The number of carbonyl (C=O) groups excluding carboxylic acids is 5. The maximum Gasteiger partial charge on any atom is 0.352 e. The third kappa shape index (κ3) is 13.2. The number of ketones is 3. The molecule has 20 heteroatoms. The number of piperidine rings is 1. The number of esters is 1.